The van der Waals surface area contributed by atoms with Crippen molar-refractivity contribution in [1.29, 1.82) is 0 Å². The Morgan fingerprint density at radius 2 is 1.84 bits per heavy atom. The Morgan fingerprint density at radius 1 is 1.21 bits per heavy atom. The van der Waals surface area contributed by atoms with Crippen LogP contribution < -0.4 is 10.6 Å². The number of benzene rings is 1. The maximum atomic E-state index is 11.5. The number of nitrogens with one attached hydrogen (secondary N) is 2. The maximum Gasteiger partial charge on any atom is 0.224 e. The molecule has 0 bridgehead atoms. The Kier molecular flexibility index (Phi) is 6.02. The van der Waals surface area contributed by atoms with Gasteiger partial charge in [0.1, 0.15) is 0 Å². The van der Waals surface area contributed by atoms with Crippen molar-refractivity contribution < 1.29 is 14.7 Å². The lowest BCUT2D eigenvalue weighted by atomic mass is 10.1. The molecule has 0 saturated carbocycles. The SMILES string of the molecule is CNC(=O)Cc1ccc(NC(=O)CCC(C)O)cc1. The number of carbonyl (C=O) groups excluding carboxylic acids is 2. The molecule has 1 aromatic carbocycles. The Balaban J connectivity index is 2.47. The number of anilines is 1. The van der Waals surface area contributed by atoms with Gasteiger partial charge in [-0.2, -0.15) is 0 Å². The minimum Gasteiger partial charge on any atom is -0.393 e. The van der Waals surface area contributed by atoms with Crippen LogP contribution in [0.3, 0.4) is 0 Å². The van der Waals surface area contributed by atoms with Crippen molar-refractivity contribution in [3.63, 3.8) is 0 Å². The topological polar surface area (TPSA) is 78.4 Å². The van der Waals surface area contributed by atoms with E-state index in [2.05, 4.69) is 10.6 Å². The highest BCUT2D eigenvalue weighted by molar-refractivity contribution is 5.90. The molecule has 0 aliphatic rings. The molecular weight excluding hydrogens is 244 g/mol. The second-order valence-corrected chi connectivity index (χ2v) is 4.48. The summed E-state index contributed by atoms with van der Waals surface area (Å²) in [5.41, 5.74) is 1.58. The number of aliphatic hydroxyl groups is 1. The molecule has 0 heterocycles. The summed E-state index contributed by atoms with van der Waals surface area (Å²) >= 11 is 0. The van der Waals surface area contributed by atoms with Gasteiger partial charge < -0.3 is 15.7 Å². The summed E-state index contributed by atoms with van der Waals surface area (Å²) in [5.74, 6) is -0.173. The summed E-state index contributed by atoms with van der Waals surface area (Å²) < 4.78 is 0. The van der Waals surface area contributed by atoms with Crippen LogP contribution in [-0.4, -0.2) is 30.1 Å². The van der Waals surface area contributed by atoms with E-state index in [0.29, 0.717) is 18.5 Å². The summed E-state index contributed by atoms with van der Waals surface area (Å²) in [6, 6.07) is 7.14. The fourth-order valence-corrected chi connectivity index (χ4v) is 1.54. The molecule has 0 spiro atoms. The Morgan fingerprint density at radius 3 is 2.37 bits per heavy atom. The smallest absolute Gasteiger partial charge is 0.224 e. The second-order valence-electron chi connectivity index (χ2n) is 4.48. The first kappa shape index (κ1) is 15.2. The first-order chi connectivity index (χ1) is 9.01. The van der Waals surface area contributed by atoms with E-state index >= 15 is 0 Å². The van der Waals surface area contributed by atoms with Crippen LogP contribution in [0.5, 0.6) is 0 Å². The van der Waals surface area contributed by atoms with Gasteiger partial charge in [0.25, 0.3) is 0 Å². The number of likely N-dealkylation sites (N-methyl/N-ethyl adjacent to an activating group) is 1. The van der Waals surface area contributed by atoms with Gasteiger partial charge in [0.15, 0.2) is 0 Å². The molecule has 3 N–H and O–H groups in total. The van der Waals surface area contributed by atoms with Gasteiger partial charge in [-0.05, 0) is 31.0 Å². The number of carbonyl (C=O) groups is 2. The molecule has 104 valence electrons. The first-order valence-corrected chi connectivity index (χ1v) is 6.28. The Labute approximate surface area is 113 Å². The Hall–Kier alpha value is -1.88. The highest BCUT2D eigenvalue weighted by Crippen LogP contribution is 2.11. The molecule has 0 aliphatic carbocycles. The van der Waals surface area contributed by atoms with Crippen LogP contribution in [0.15, 0.2) is 24.3 Å². The summed E-state index contributed by atoms with van der Waals surface area (Å²) in [4.78, 5) is 22.7. The molecule has 5 heteroatoms. The molecule has 19 heavy (non-hydrogen) atoms. The van der Waals surface area contributed by atoms with E-state index in [1.807, 2.05) is 0 Å². The zero-order valence-corrected chi connectivity index (χ0v) is 11.3. The highest BCUT2D eigenvalue weighted by atomic mass is 16.3. The predicted molar refractivity (Wildman–Crippen MR) is 73.8 cm³/mol. The monoisotopic (exact) mass is 264 g/mol. The van der Waals surface area contributed by atoms with Gasteiger partial charge in [-0.25, -0.2) is 0 Å². The first-order valence-electron chi connectivity index (χ1n) is 6.28. The van der Waals surface area contributed by atoms with Gasteiger partial charge in [0.2, 0.25) is 11.8 Å². The van der Waals surface area contributed by atoms with Crippen molar-refractivity contribution >= 4 is 17.5 Å². The van der Waals surface area contributed by atoms with Crippen LogP contribution in [0.2, 0.25) is 0 Å². The Bertz CT molecular complexity index is 427. The van der Waals surface area contributed by atoms with Crippen molar-refractivity contribution in [2.45, 2.75) is 32.3 Å². The molecule has 1 unspecified atom stereocenters. The zero-order valence-electron chi connectivity index (χ0n) is 11.3. The van der Waals surface area contributed by atoms with E-state index in [0.717, 1.165) is 5.56 Å². The van der Waals surface area contributed by atoms with Crippen molar-refractivity contribution in [3.05, 3.63) is 29.8 Å². The second kappa shape index (κ2) is 7.53. The minimum atomic E-state index is -0.472. The molecule has 0 aliphatic heterocycles. The van der Waals surface area contributed by atoms with Crippen molar-refractivity contribution in [2.75, 3.05) is 12.4 Å². The summed E-state index contributed by atoms with van der Waals surface area (Å²) in [5, 5.41) is 14.4. The molecule has 1 atom stereocenters. The third-order valence-corrected chi connectivity index (χ3v) is 2.67. The van der Waals surface area contributed by atoms with Gasteiger partial charge in [-0.1, -0.05) is 12.1 Å². The van der Waals surface area contributed by atoms with E-state index in [-0.39, 0.29) is 18.2 Å². The van der Waals surface area contributed by atoms with Crippen molar-refractivity contribution in [2.24, 2.45) is 0 Å². The molecule has 2 amide bonds. The van der Waals surface area contributed by atoms with Crippen molar-refractivity contribution in [3.8, 4) is 0 Å². The summed E-state index contributed by atoms with van der Waals surface area (Å²) in [6.07, 6.45) is 0.589. The van der Waals surface area contributed by atoms with Crippen LogP contribution in [0.1, 0.15) is 25.3 Å². The predicted octanol–water partition coefficient (Wildman–Crippen LogP) is 1.07. The molecule has 1 aromatic rings. The van der Waals surface area contributed by atoms with Gasteiger partial charge in [-0.15, -0.1) is 0 Å². The van der Waals surface area contributed by atoms with E-state index in [1.165, 1.54) is 0 Å². The molecule has 1 rings (SSSR count). The molecule has 0 fully saturated rings. The number of hydrogen-bond donors (Lipinski definition) is 3. The lowest BCUT2D eigenvalue weighted by Gasteiger charge is -2.07. The largest absolute Gasteiger partial charge is 0.393 e. The van der Waals surface area contributed by atoms with E-state index in [1.54, 1.807) is 38.2 Å². The van der Waals surface area contributed by atoms with Crippen LogP contribution in [0.25, 0.3) is 0 Å². The summed E-state index contributed by atoms with van der Waals surface area (Å²) in [7, 11) is 1.60. The lowest BCUT2D eigenvalue weighted by Crippen LogP contribution is -2.19. The zero-order chi connectivity index (χ0) is 14.3. The van der Waals surface area contributed by atoms with E-state index in [9.17, 15) is 9.59 Å². The number of aliphatic hydroxyl groups excluding tert-OH is 1. The fraction of sp³-hybridized carbons (Fsp3) is 0.429. The van der Waals surface area contributed by atoms with Crippen LogP contribution >= 0.6 is 0 Å². The van der Waals surface area contributed by atoms with Gasteiger partial charge in [0.05, 0.1) is 12.5 Å². The van der Waals surface area contributed by atoms with E-state index < -0.39 is 6.10 Å². The number of amides is 2. The average Bonchev–Trinajstić information content (AvgIpc) is 2.38. The third kappa shape index (κ3) is 6.01. The van der Waals surface area contributed by atoms with Gasteiger partial charge in [-0.3, -0.25) is 9.59 Å². The van der Waals surface area contributed by atoms with Crippen LogP contribution in [0.4, 0.5) is 5.69 Å². The van der Waals surface area contributed by atoms with E-state index in [4.69, 9.17) is 5.11 Å². The number of hydrogen-bond acceptors (Lipinski definition) is 3. The average molecular weight is 264 g/mol. The van der Waals surface area contributed by atoms with Crippen LogP contribution in [0, 0.1) is 0 Å². The summed E-state index contributed by atoms with van der Waals surface area (Å²) in [6.45, 7) is 1.65. The lowest BCUT2D eigenvalue weighted by molar-refractivity contribution is -0.120. The standard InChI is InChI=1S/C14H20N2O3/c1-10(17)3-8-13(18)16-12-6-4-11(5-7-12)9-14(19)15-2/h4-7,10,17H,3,8-9H2,1-2H3,(H,15,19)(H,16,18). The molecule has 0 saturated heterocycles. The molecule has 5 nitrogen and oxygen atoms in total. The maximum absolute atomic E-state index is 11.5. The van der Waals surface area contributed by atoms with Gasteiger partial charge in [0, 0.05) is 19.2 Å². The molecular formula is C14H20N2O3. The van der Waals surface area contributed by atoms with Crippen molar-refractivity contribution in [1.82, 2.24) is 5.32 Å². The van der Waals surface area contributed by atoms with Gasteiger partial charge >= 0.3 is 0 Å². The molecule has 0 radical (unpaired) electrons. The molecule has 0 aromatic heterocycles. The van der Waals surface area contributed by atoms with Crippen LogP contribution in [-0.2, 0) is 16.0 Å². The minimum absolute atomic E-state index is 0.0475. The third-order valence-electron chi connectivity index (χ3n) is 2.67. The highest BCUT2D eigenvalue weighted by Gasteiger charge is 2.05. The fourth-order valence-electron chi connectivity index (χ4n) is 1.54. The normalized spacial score (nSPS) is 11.7. The number of rotatable bonds is 6. The quantitative estimate of drug-likeness (QED) is 0.719.